The van der Waals surface area contributed by atoms with Crippen molar-refractivity contribution >= 4 is 45.6 Å². The van der Waals surface area contributed by atoms with E-state index in [0.717, 1.165) is 5.41 Å². The fraction of sp³-hybridized carbons (Fsp3) is 0.190. The van der Waals surface area contributed by atoms with Crippen LogP contribution in [0.3, 0.4) is 0 Å². The number of thioether (sulfide) groups is 1. The van der Waals surface area contributed by atoms with E-state index < -0.39 is 33.8 Å². The lowest BCUT2D eigenvalue weighted by Crippen LogP contribution is -2.45. The van der Waals surface area contributed by atoms with Gasteiger partial charge in [0.05, 0.1) is 11.1 Å². The lowest BCUT2D eigenvalue weighted by atomic mass is 10.1. The first-order valence-electron chi connectivity index (χ1n) is 9.26. The van der Waals surface area contributed by atoms with Gasteiger partial charge in [-0.05, 0) is 42.2 Å². The standard InChI is InChI=1S/C21H20N2O6S2/c1-30-13-11-18(22-31(27,28)14-12-15-7-3-2-4-8-15)21(26)29-23-19(24)16-9-5-6-10-17(16)20(23)25/h2-10,12,14,18,22H,11,13H2,1H3/b14-12+. The number of sulfonamides is 1. The summed E-state index contributed by atoms with van der Waals surface area (Å²) in [5.74, 6) is -2.14. The monoisotopic (exact) mass is 460 g/mol. The zero-order chi connectivity index (χ0) is 22.4. The maximum atomic E-state index is 12.7. The van der Waals surface area contributed by atoms with E-state index in [1.165, 1.54) is 30.0 Å². The van der Waals surface area contributed by atoms with Gasteiger partial charge >= 0.3 is 5.97 Å². The smallest absolute Gasteiger partial charge is 0.328 e. The van der Waals surface area contributed by atoms with E-state index in [9.17, 15) is 22.8 Å². The van der Waals surface area contributed by atoms with Crippen LogP contribution in [-0.2, 0) is 19.7 Å². The molecule has 1 atom stereocenters. The van der Waals surface area contributed by atoms with Crippen molar-refractivity contribution in [3.63, 3.8) is 0 Å². The van der Waals surface area contributed by atoms with Gasteiger partial charge in [-0.1, -0.05) is 47.5 Å². The Labute approximate surface area is 184 Å². The van der Waals surface area contributed by atoms with Gasteiger partial charge in [-0.3, -0.25) is 9.59 Å². The van der Waals surface area contributed by atoms with Gasteiger partial charge in [-0.2, -0.15) is 16.5 Å². The minimum atomic E-state index is -4.00. The second-order valence-corrected chi connectivity index (χ2v) is 9.15. The molecule has 0 aliphatic carbocycles. The highest BCUT2D eigenvalue weighted by Gasteiger charge is 2.40. The first-order valence-corrected chi connectivity index (χ1v) is 12.2. The van der Waals surface area contributed by atoms with Crippen LogP contribution in [0.2, 0.25) is 0 Å². The molecule has 0 bridgehead atoms. The van der Waals surface area contributed by atoms with Crippen molar-refractivity contribution in [2.24, 2.45) is 0 Å². The molecule has 3 rings (SSSR count). The molecule has 1 heterocycles. The van der Waals surface area contributed by atoms with E-state index in [2.05, 4.69) is 4.72 Å². The predicted molar refractivity (Wildman–Crippen MR) is 117 cm³/mol. The molecule has 31 heavy (non-hydrogen) atoms. The third-order valence-corrected chi connectivity index (χ3v) is 6.13. The summed E-state index contributed by atoms with van der Waals surface area (Å²) in [7, 11) is -4.00. The van der Waals surface area contributed by atoms with Gasteiger partial charge in [0.15, 0.2) is 0 Å². The fourth-order valence-corrected chi connectivity index (χ4v) is 4.33. The maximum absolute atomic E-state index is 12.7. The Bertz CT molecular complexity index is 1080. The third kappa shape index (κ3) is 5.60. The van der Waals surface area contributed by atoms with Crippen LogP contribution in [-0.4, -0.2) is 49.3 Å². The van der Waals surface area contributed by atoms with Crippen LogP contribution >= 0.6 is 11.8 Å². The number of rotatable bonds is 9. The van der Waals surface area contributed by atoms with Crippen LogP contribution in [0, 0.1) is 0 Å². The number of imide groups is 1. The number of hydrogen-bond donors (Lipinski definition) is 1. The van der Waals surface area contributed by atoms with Gasteiger partial charge in [-0.15, -0.1) is 0 Å². The van der Waals surface area contributed by atoms with Gasteiger partial charge in [0, 0.05) is 5.41 Å². The van der Waals surface area contributed by atoms with Crippen molar-refractivity contribution in [1.29, 1.82) is 0 Å². The van der Waals surface area contributed by atoms with E-state index in [0.29, 0.717) is 16.4 Å². The molecule has 0 aromatic heterocycles. The lowest BCUT2D eigenvalue weighted by Gasteiger charge is -2.19. The molecule has 0 saturated carbocycles. The summed E-state index contributed by atoms with van der Waals surface area (Å²) in [5, 5.41) is 1.32. The second kappa shape index (κ2) is 9.90. The Balaban J connectivity index is 1.73. The Kier molecular flexibility index (Phi) is 7.26. The van der Waals surface area contributed by atoms with Crippen molar-refractivity contribution < 1.29 is 27.6 Å². The van der Waals surface area contributed by atoms with Crippen LogP contribution in [0.5, 0.6) is 0 Å². The number of carbonyl (C=O) groups excluding carboxylic acids is 3. The van der Waals surface area contributed by atoms with Gasteiger partial charge in [0.1, 0.15) is 6.04 Å². The van der Waals surface area contributed by atoms with Crippen LogP contribution < -0.4 is 4.72 Å². The summed E-state index contributed by atoms with van der Waals surface area (Å²) in [6.45, 7) is 0. The minimum absolute atomic E-state index is 0.113. The molecule has 0 spiro atoms. The summed E-state index contributed by atoms with van der Waals surface area (Å²) in [6, 6.07) is 13.6. The molecule has 0 radical (unpaired) electrons. The number of fused-ring (bicyclic) bond motifs is 1. The molecule has 1 aliphatic heterocycles. The van der Waals surface area contributed by atoms with E-state index >= 15 is 0 Å². The number of benzene rings is 2. The lowest BCUT2D eigenvalue weighted by molar-refractivity contribution is -0.170. The van der Waals surface area contributed by atoms with Crippen LogP contribution in [0.1, 0.15) is 32.7 Å². The summed E-state index contributed by atoms with van der Waals surface area (Å²) in [4.78, 5) is 42.5. The molecule has 8 nitrogen and oxygen atoms in total. The van der Waals surface area contributed by atoms with Crippen molar-refractivity contribution in [3.05, 3.63) is 76.7 Å². The molecule has 2 aromatic rings. The second-order valence-electron chi connectivity index (χ2n) is 6.57. The molecule has 1 unspecified atom stereocenters. The molecule has 2 aromatic carbocycles. The molecule has 10 heteroatoms. The number of amides is 2. The van der Waals surface area contributed by atoms with E-state index in [-0.39, 0.29) is 17.5 Å². The number of nitrogens with one attached hydrogen (secondary N) is 1. The Morgan fingerprint density at radius 3 is 2.23 bits per heavy atom. The van der Waals surface area contributed by atoms with Crippen molar-refractivity contribution in [1.82, 2.24) is 9.79 Å². The highest BCUT2D eigenvalue weighted by atomic mass is 32.2. The zero-order valence-corrected chi connectivity index (χ0v) is 18.2. The van der Waals surface area contributed by atoms with Gasteiger partial charge in [0.2, 0.25) is 10.0 Å². The van der Waals surface area contributed by atoms with Crippen LogP contribution in [0.4, 0.5) is 0 Å². The quantitative estimate of drug-likeness (QED) is 0.573. The molecule has 0 fully saturated rings. The summed E-state index contributed by atoms with van der Waals surface area (Å²) in [5.41, 5.74) is 0.904. The average molecular weight is 461 g/mol. The van der Waals surface area contributed by atoms with Gasteiger partial charge in [0.25, 0.3) is 11.8 Å². The molecular formula is C21H20N2O6S2. The van der Waals surface area contributed by atoms with E-state index in [1.54, 1.807) is 48.7 Å². The average Bonchev–Trinajstić information content (AvgIpc) is 3.01. The first-order chi connectivity index (χ1) is 14.8. The number of hydroxylamine groups is 2. The summed E-state index contributed by atoms with van der Waals surface area (Å²) in [6.07, 6.45) is 3.31. The summed E-state index contributed by atoms with van der Waals surface area (Å²) >= 11 is 1.41. The maximum Gasteiger partial charge on any atom is 0.351 e. The van der Waals surface area contributed by atoms with E-state index in [1.807, 2.05) is 0 Å². The number of nitrogens with zero attached hydrogens (tertiary/aromatic N) is 1. The Morgan fingerprint density at radius 2 is 1.65 bits per heavy atom. The Morgan fingerprint density at radius 1 is 1.06 bits per heavy atom. The third-order valence-electron chi connectivity index (χ3n) is 4.38. The van der Waals surface area contributed by atoms with Crippen molar-refractivity contribution in [2.45, 2.75) is 12.5 Å². The zero-order valence-electron chi connectivity index (χ0n) is 16.6. The predicted octanol–water partition coefficient (Wildman–Crippen LogP) is 2.45. The highest BCUT2D eigenvalue weighted by molar-refractivity contribution is 7.98. The molecule has 162 valence electrons. The normalized spacial score (nSPS) is 14.7. The van der Waals surface area contributed by atoms with Gasteiger partial charge < -0.3 is 4.84 Å². The number of carbonyl (C=O) groups is 3. The van der Waals surface area contributed by atoms with Gasteiger partial charge in [-0.25, -0.2) is 13.2 Å². The number of hydrogen-bond acceptors (Lipinski definition) is 7. The SMILES string of the molecule is CSCCC(NS(=O)(=O)/C=C/c1ccccc1)C(=O)ON1C(=O)c2ccccc2C1=O. The molecule has 1 N–H and O–H groups in total. The minimum Gasteiger partial charge on any atom is -0.328 e. The van der Waals surface area contributed by atoms with Crippen LogP contribution in [0.15, 0.2) is 60.0 Å². The van der Waals surface area contributed by atoms with E-state index in [4.69, 9.17) is 4.84 Å². The molecular weight excluding hydrogens is 440 g/mol. The molecule has 2 amide bonds. The molecule has 1 aliphatic rings. The highest BCUT2D eigenvalue weighted by Crippen LogP contribution is 2.23. The molecule has 0 saturated heterocycles. The summed E-state index contributed by atoms with van der Waals surface area (Å²) < 4.78 is 27.2. The topological polar surface area (TPSA) is 110 Å². The fourth-order valence-electron chi connectivity index (χ4n) is 2.83. The largest absolute Gasteiger partial charge is 0.351 e. The van der Waals surface area contributed by atoms with Crippen molar-refractivity contribution in [2.75, 3.05) is 12.0 Å². The van der Waals surface area contributed by atoms with Crippen molar-refractivity contribution in [3.8, 4) is 0 Å². The van der Waals surface area contributed by atoms with Crippen LogP contribution in [0.25, 0.3) is 6.08 Å². The first kappa shape index (κ1) is 22.7. The Hall–Kier alpha value is -2.95.